The van der Waals surface area contributed by atoms with Crippen molar-refractivity contribution in [2.75, 3.05) is 25.1 Å². The van der Waals surface area contributed by atoms with Crippen molar-refractivity contribution < 1.29 is 8.42 Å². The van der Waals surface area contributed by atoms with Crippen molar-refractivity contribution in [1.29, 1.82) is 0 Å². The number of halogens is 1. The van der Waals surface area contributed by atoms with Gasteiger partial charge in [0.15, 0.2) is 5.96 Å². The Hall–Kier alpha value is -0.870. The van der Waals surface area contributed by atoms with Crippen LogP contribution in [0.5, 0.6) is 0 Å². The van der Waals surface area contributed by atoms with Crippen LogP contribution in [0.4, 0.5) is 0 Å². The molecule has 2 atom stereocenters. The average Bonchev–Trinajstić information content (AvgIpc) is 2.67. The smallest absolute Gasteiger partial charge is 0.191 e. The van der Waals surface area contributed by atoms with Gasteiger partial charge in [-0.15, -0.1) is 24.0 Å². The summed E-state index contributed by atoms with van der Waals surface area (Å²) in [4.78, 5) is 7.23. The molecule has 2 N–H and O–H groups in total. The van der Waals surface area contributed by atoms with Gasteiger partial charge in [-0.1, -0.05) is 30.7 Å². The highest BCUT2D eigenvalue weighted by Gasteiger charge is 2.17. The van der Waals surface area contributed by atoms with E-state index < -0.39 is 9.84 Å². The highest BCUT2D eigenvalue weighted by molar-refractivity contribution is 14.0. The van der Waals surface area contributed by atoms with Crippen LogP contribution in [0.1, 0.15) is 57.6 Å². The zero-order valence-corrected chi connectivity index (χ0v) is 22.0. The number of rotatable bonds is 9. The Labute approximate surface area is 200 Å². The minimum absolute atomic E-state index is 0. The molecule has 1 aliphatic rings. The van der Waals surface area contributed by atoms with Crippen LogP contribution in [-0.4, -0.2) is 56.5 Å². The fourth-order valence-electron chi connectivity index (χ4n) is 3.56. The Bertz CT molecular complexity index is 753. The molecule has 1 aliphatic heterocycles. The maximum absolute atomic E-state index is 11.4. The molecule has 0 amide bonds. The lowest BCUT2D eigenvalue weighted by Gasteiger charge is -2.33. The molecule has 2 unspecified atom stereocenters. The van der Waals surface area contributed by atoms with Crippen LogP contribution in [0.3, 0.4) is 0 Å². The number of piperidine rings is 1. The Morgan fingerprint density at radius 1 is 1.23 bits per heavy atom. The fraction of sp³-hybridized carbons (Fsp3) is 0.682. The molecule has 172 valence electrons. The van der Waals surface area contributed by atoms with E-state index in [4.69, 9.17) is 0 Å². The summed E-state index contributed by atoms with van der Waals surface area (Å²) in [7, 11) is -2.94. The van der Waals surface area contributed by atoms with Crippen LogP contribution in [0.15, 0.2) is 29.3 Å². The second-order valence-electron chi connectivity index (χ2n) is 8.29. The molecule has 0 spiro atoms. The van der Waals surface area contributed by atoms with Crippen molar-refractivity contribution in [3.05, 3.63) is 35.4 Å². The monoisotopic (exact) mass is 550 g/mol. The fourth-order valence-corrected chi connectivity index (χ4v) is 4.35. The van der Waals surface area contributed by atoms with Gasteiger partial charge in [0, 0.05) is 31.4 Å². The first kappa shape index (κ1) is 27.2. The Morgan fingerprint density at radius 3 is 2.50 bits per heavy atom. The van der Waals surface area contributed by atoms with Crippen LogP contribution in [-0.2, 0) is 22.9 Å². The number of nitrogens with zero attached hydrogens (tertiary/aromatic N) is 2. The lowest BCUT2D eigenvalue weighted by molar-refractivity contribution is 0.152. The van der Waals surface area contributed by atoms with Gasteiger partial charge in [-0.05, 0) is 57.7 Å². The standard InChI is InChI=1S/C22H38N4O2S.HI/c1-5-23-22(25-18(2)13-15-29(4,27)28)24-16-20-9-11-21(12-10-20)17-26-14-7-6-8-19(26)3;/h9-12,18-19H,5-8,13-17H2,1-4H3,(H2,23,24,25);1H. The van der Waals surface area contributed by atoms with E-state index in [9.17, 15) is 8.42 Å². The van der Waals surface area contributed by atoms with E-state index >= 15 is 0 Å². The van der Waals surface area contributed by atoms with Crippen molar-refractivity contribution in [3.8, 4) is 0 Å². The lowest BCUT2D eigenvalue weighted by atomic mass is 10.0. The second-order valence-corrected chi connectivity index (χ2v) is 10.6. The van der Waals surface area contributed by atoms with Crippen LogP contribution >= 0.6 is 24.0 Å². The van der Waals surface area contributed by atoms with Crippen LogP contribution in [0.2, 0.25) is 0 Å². The third kappa shape index (κ3) is 10.4. The van der Waals surface area contributed by atoms with Gasteiger partial charge in [0.25, 0.3) is 0 Å². The summed E-state index contributed by atoms with van der Waals surface area (Å²) >= 11 is 0. The molecule has 8 heteroatoms. The van der Waals surface area contributed by atoms with E-state index in [1.165, 1.54) is 43.2 Å². The number of benzene rings is 1. The first-order valence-corrected chi connectivity index (χ1v) is 12.9. The molecule has 1 saturated heterocycles. The molecule has 1 aromatic carbocycles. The highest BCUT2D eigenvalue weighted by atomic mass is 127. The lowest BCUT2D eigenvalue weighted by Crippen LogP contribution is -2.42. The maximum Gasteiger partial charge on any atom is 0.191 e. The van der Waals surface area contributed by atoms with Crippen LogP contribution in [0, 0.1) is 0 Å². The number of sulfone groups is 1. The third-order valence-electron chi connectivity index (χ3n) is 5.42. The van der Waals surface area contributed by atoms with Crippen molar-refractivity contribution in [2.45, 2.75) is 71.6 Å². The zero-order chi connectivity index (χ0) is 21.3. The Morgan fingerprint density at radius 2 is 1.90 bits per heavy atom. The SMILES string of the molecule is CCNC(=NCc1ccc(CN2CCCCC2C)cc1)NC(C)CCS(C)(=O)=O.I. The number of hydrogen-bond acceptors (Lipinski definition) is 4. The summed E-state index contributed by atoms with van der Waals surface area (Å²) < 4.78 is 22.7. The van der Waals surface area contributed by atoms with E-state index in [0.29, 0.717) is 19.0 Å². The molecule has 0 radical (unpaired) electrons. The molecule has 30 heavy (non-hydrogen) atoms. The minimum Gasteiger partial charge on any atom is -0.357 e. The first-order valence-electron chi connectivity index (χ1n) is 10.8. The topological polar surface area (TPSA) is 73.8 Å². The number of nitrogens with one attached hydrogen (secondary N) is 2. The third-order valence-corrected chi connectivity index (χ3v) is 6.40. The minimum atomic E-state index is -2.94. The number of aliphatic imine (C=N–C) groups is 1. The molecule has 6 nitrogen and oxygen atoms in total. The molecule has 0 aromatic heterocycles. The van der Waals surface area contributed by atoms with Gasteiger partial charge in [0.1, 0.15) is 9.84 Å². The second kappa shape index (κ2) is 13.5. The Kier molecular flexibility index (Phi) is 12.2. The average molecular weight is 551 g/mol. The molecular weight excluding hydrogens is 511 g/mol. The molecular formula is C22H39IN4O2S. The van der Waals surface area contributed by atoms with E-state index in [1.807, 2.05) is 13.8 Å². The van der Waals surface area contributed by atoms with E-state index in [1.54, 1.807) is 0 Å². The molecule has 2 rings (SSSR count). The summed E-state index contributed by atoms with van der Waals surface area (Å²) in [6.07, 6.45) is 5.79. The molecule has 0 saturated carbocycles. The van der Waals surface area contributed by atoms with Gasteiger partial charge in [-0.25, -0.2) is 13.4 Å². The van der Waals surface area contributed by atoms with Crippen LogP contribution < -0.4 is 10.6 Å². The largest absolute Gasteiger partial charge is 0.357 e. The van der Waals surface area contributed by atoms with Crippen molar-refractivity contribution in [1.82, 2.24) is 15.5 Å². The molecule has 1 fully saturated rings. The number of guanidine groups is 1. The van der Waals surface area contributed by atoms with Gasteiger partial charge in [0.2, 0.25) is 0 Å². The first-order chi connectivity index (χ1) is 13.8. The van der Waals surface area contributed by atoms with Gasteiger partial charge in [0.05, 0.1) is 12.3 Å². The summed E-state index contributed by atoms with van der Waals surface area (Å²) in [5.74, 6) is 0.900. The van der Waals surface area contributed by atoms with Crippen molar-refractivity contribution in [3.63, 3.8) is 0 Å². The molecule has 1 heterocycles. The maximum atomic E-state index is 11.4. The van der Waals surface area contributed by atoms with E-state index in [-0.39, 0.29) is 35.8 Å². The summed E-state index contributed by atoms with van der Waals surface area (Å²) in [5.41, 5.74) is 2.52. The molecule has 0 aliphatic carbocycles. The number of hydrogen-bond donors (Lipinski definition) is 2. The van der Waals surface area contributed by atoms with E-state index in [0.717, 1.165) is 19.0 Å². The van der Waals surface area contributed by atoms with Crippen molar-refractivity contribution >= 4 is 39.8 Å². The van der Waals surface area contributed by atoms with Gasteiger partial charge < -0.3 is 10.6 Å². The molecule has 0 bridgehead atoms. The van der Waals surface area contributed by atoms with Crippen LogP contribution in [0.25, 0.3) is 0 Å². The van der Waals surface area contributed by atoms with Gasteiger partial charge >= 0.3 is 0 Å². The number of likely N-dealkylation sites (tertiary alicyclic amines) is 1. The molecule has 1 aromatic rings. The van der Waals surface area contributed by atoms with Gasteiger partial charge in [-0.2, -0.15) is 0 Å². The predicted octanol–water partition coefficient (Wildman–Crippen LogP) is 3.56. The van der Waals surface area contributed by atoms with E-state index in [2.05, 4.69) is 51.7 Å². The quantitative estimate of drug-likeness (QED) is 0.280. The normalized spacial score (nSPS) is 19.1. The zero-order valence-electron chi connectivity index (χ0n) is 18.9. The van der Waals surface area contributed by atoms with Crippen molar-refractivity contribution in [2.24, 2.45) is 4.99 Å². The summed E-state index contributed by atoms with van der Waals surface area (Å²) in [5, 5.41) is 6.53. The Balaban J connectivity index is 0.00000450. The predicted molar refractivity (Wildman–Crippen MR) is 137 cm³/mol. The van der Waals surface area contributed by atoms with Gasteiger partial charge in [-0.3, -0.25) is 4.90 Å². The highest BCUT2D eigenvalue weighted by Crippen LogP contribution is 2.19. The summed E-state index contributed by atoms with van der Waals surface area (Å²) in [6, 6.07) is 9.44. The summed E-state index contributed by atoms with van der Waals surface area (Å²) in [6.45, 7) is 9.90.